The summed E-state index contributed by atoms with van der Waals surface area (Å²) in [5.74, 6) is 0.835. The Labute approximate surface area is 136 Å². The van der Waals surface area contributed by atoms with Crippen LogP contribution in [-0.2, 0) is 0 Å². The van der Waals surface area contributed by atoms with Gasteiger partial charge >= 0.3 is 0 Å². The van der Waals surface area contributed by atoms with E-state index < -0.39 is 0 Å². The second-order valence-electron chi connectivity index (χ2n) is 5.68. The lowest BCUT2D eigenvalue weighted by Crippen LogP contribution is -2.30. The maximum absolute atomic E-state index is 12.0. The van der Waals surface area contributed by atoms with Crippen molar-refractivity contribution in [1.29, 1.82) is 0 Å². The Morgan fingerprint density at radius 3 is 2.57 bits per heavy atom. The zero-order valence-electron chi connectivity index (χ0n) is 13.8. The Kier molecular flexibility index (Phi) is 5.51. The third-order valence-electron chi connectivity index (χ3n) is 2.80. The highest BCUT2D eigenvalue weighted by atomic mass is 16.5. The molecular weight excluding hydrogens is 292 g/mol. The van der Waals surface area contributed by atoms with Crippen molar-refractivity contribution < 1.29 is 9.53 Å². The van der Waals surface area contributed by atoms with Gasteiger partial charge in [-0.25, -0.2) is 9.97 Å². The number of nitrogens with one attached hydrogen (secondary N) is 2. The summed E-state index contributed by atoms with van der Waals surface area (Å²) in [5, 5.41) is 5.91. The third-order valence-corrected chi connectivity index (χ3v) is 2.80. The molecular formula is C17H22N4O2. The van der Waals surface area contributed by atoms with Crippen molar-refractivity contribution in [2.24, 2.45) is 0 Å². The SMILES string of the molecule is CC(C)NC(=O)c1ccnc(Nc2ccccc2OC(C)C)n1. The lowest BCUT2D eigenvalue weighted by molar-refractivity contribution is 0.0938. The third kappa shape index (κ3) is 4.95. The Morgan fingerprint density at radius 1 is 1.13 bits per heavy atom. The van der Waals surface area contributed by atoms with Gasteiger partial charge in [-0.2, -0.15) is 0 Å². The second-order valence-corrected chi connectivity index (χ2v) is 5.68. The predicted molar refractivity (Wildman–Crippen MR) is 90.1 cm³/mol. The van der Waals surface area contributed by atoms with E-state index in [0.717, 1.165) is 5.69 Å². The van der Waals surface area contributed by atoms with Gasteiger partial charge in [0, 0.05) is 12.2 Å². The minimum Gasteiger partial charge on any atom is -0.489 e. The molecule has 2 rings (SSSR count). The van der Waals surface area contributed by atoms with Crippen molar-refractivity contribution in [3.63, 3.8) is 0 Å². The van der Waals surface area contributed by atoms with Gasteiger partial charge in [-0.15, -0.1) is 0 Å². The molecule has 1 heterocycles. The van der Waals surface area contributed by atoms with E-state index in [0.29, 0.717) is 17.4 Å². The molecule has 0 atom stereocenters. The lowest BCUT2D eigenvalue weighted by Gasteiger charge is -2.15. The van der Waals surface area contributed by atoms with E-state index in [4.69, 9.17) is 4.74 Å². The van der Waals surface area contributed by atoms with Crippen molar-refractivity contribution in [3.05, 3.63) is 42.2 Å². The zero-order valence-corrected chi connectivity index (χ0v) is 13.8. The van der Waals surface area contributed by atoms with Crippen LogP contribution in [0.25, 0.3) is 0 Å². The Balaban J connectivity index is 2.19. The second kappa shape index (κ2) is 7.58. The maximum atomic E-state index is 12.0. The number of ether oxygens (including phenoxy) is 1. The quantitative estimate of drug-likeness (QED) is 0.856. The fourth-order valence-corrected chi connectivity index (χ4v) is 1.93. The number of benzene rings is 1. The van der Waals surface area contributed by atoms with Crippen LogP contribution in [-0.4, -0.2) is 28.0 Å². The number of amides is 1. The largest absolute Gasteiger partial charge is 0.489 e. The number of aromatic nitrogens is 2. The maximum Gasteiger partial charge on any atom is 0.270 e. The Hall–Kier alpha value is -2.63. The number of carbonyl (C=O) groups excluding carboxylic acids is 1. The molecule has 23 heavy (non-hydrogen) atoms. The molecule has 2 N–H and O–H groups in total. The van der Waals surface area contributed by atoms with Crippen molar-refractivity contribution in [2.75, 3.05) is 5.32 Å². The molecule has 0 aliphatic rings. The number of carbonyl (C=O) groups is 1. The smallest absolute Gasteiger partial charge is 0.270 e. The van der Waals surface area contributed by atoms with Gasteiger partial charge in [0.1, 0.15) is 11.4 Å². The van der Waals surface area contributed by atoms with Crippen molar-refractivity contribution in [2.45, 2.75) is 39.8 Å². The Bertz CT molecular complexity index is 671. The van der Waals surface area contributed by atoms with E-state index >= 15 is 0 Å². The van der Waals surface area contributed by atoms with Crippen LogP contribution >= 0.6 is 0 Å². The molecule has 0 unspecified atom stereocenters. The van der Waals surface area contributed by atoms with Gasteiger partial charge in [0.2, 0.25) is 5.95 Å². The van der Waals surface area contributed by atoms with Crippen LogP contribution in [0.1, 0.15) is 38.2 Å². The summed E-state index contributed by atoms with van der Waals surface area (Å²) >= 11 is 0. The average molecular weight is 314 g/mol. The van der Waals surface area contributed by atoms with E-state index in [1.807, 2.05) is 52.0 Å². The van der Waals surface area contributed by atoms with E-state index in [2.05, 4.69) is 20.6 Å². The number of rotatable bonds is 6. The number of hydrogen-bond acceptors (Lipinski definition) is 5. The molecule has 1 aromatic carbocycles. The van der Waals surface area contributed by atoms with Gasteiger partial charge < -0.3 is 15.4 Å². The van der Waals surface area contributed by atoms with E-state index in [-0.39, 0.29) is 18.1 Å². The first-order chi connectivity index (χ1) is 11.0. The molecule has 6 heteroatoms. The monoisotopic (exact) mass is 314 g/mol. The first-order valence-electron chi connectivity index (χ1n) is 7.62. The first kappa shape index (κ1) is 16.7. The molecule has 0 aliphatic carbocycles. The molecule has 122 valence electrons. The minimum atomic E-state index is -0.225. The van der Waals surface area contributed by atoms with Crippen molar-refractivity contribution >= 4 is 17.5 Å². The molecule has 0 spiro atoms. The Morgan fingerprint density at radius 2 is 1.87 bits per heavy atom. The highest BCUT2D eigenvalue weighted by Crippen LogP contribution is 2.26. The van der Waals surface area contributed by atoms with Crippen molar-refractivity contribution in [1.82, 2.24) is 15.3 Å². The van der Waals surface area contributed by atoms with Crippen LogP contribution in [0.4, 0.5) is 11.6 Å². The molecule has 0 saturated carbocycles. The van der Waals surface area contributed by atoms with Crippen LogP contribution in [0.3, 0.4) is 0 Å². The summed E-state index contributed by atoms with van der Waals surface area (Å²) in [6.45, 7) is 7.73. The minimum absolute atomic E-state index is 0.0500. The van der Waals surface area contributed by atoms with Crippen LogP contribution in [0, 0.1) is 0 Å². The van der Waals surface area contributed by atoms with Gasteiger partial charge in [0.25, 0.3) is 5.91 Å². The molecule has 6 nitrogen and oxygen atoms in total. The van der Waals surface area contributed by atoms with E-state index in [9.17, 15) is 4.79 Å². The van der Waals surface area contributed by atoms with Crippen LogP contribution in [0.5, 0.6) is 5.75 Å². The summed E-state index contributed by atoms with van der Waals surface area (Å²) in [5.41, 5.74) is 1.07. The van der Waals surface area contributed by atoms with Gasteiger partial charge in [0.05, 0.1) is 11.8 Å². The lowest BCUT2D eigenvalue weighted by atomic mass is 10.3. The molecule has 1 aromatic heterocycles. The van der Waals surface area contributed by atoms with Gasteiger partial charge in [-0.1, -0.05) is 12.1 Å². The molecule has 0 radical (unpaired) electrons. The normalized spacial score (nSPS) is 10.7. The van der Waals surface area contributed by atoms with Gasteiger partial charge in [-0.05, 0) is 45.9 Å². The summed E-state index contributed by atoms with van der Waals surface area (Å²) in [7, 11) is 0. The van der Waals surface area contributed by atoms with Gasteiger partial charge in [-0.3, -0.25) is 4.79 Å². The fraction of sp³-hybridized carbons (Fsp3) is 0.353. The number of hydrogen-bond donors (Lipinski definition) is 2. The van der Waals surface area contributed by atoms with Crippen LogP contribution in [0.2, 0.25) is 0 Å². The highest BCUT2D eigenvalue weighted by molar-refractivity contribution is 5.92. The number of nitrogens with zero attached hydrogens (tertiary/aromatic N) is 2. The molecule has 0 fully saturated rings. The summed E-state index contributed by atoms with van der Waals surface area (Å²) in [6.07, 6.45) is 1.61. The van der Waals surface area contributed by atoms with E-state index in [1.54, 1.807) is 12.3 Å². The number of anilines is 2. The average Bonchev–Trinajstić information content (AvgIpc) is 2.48. The zero-order chi connectivity index (χ0) is 16.8. The predicted octanol–water partition coefficient (Wildman–Crippen LogP) is 3.15. The number of para-hydroxylation sites is 2. The molecule has 1 amide bonds. The first-order valence-corrected chi connectivity index (χ1v) is 7.62. The fourth-order valence-electron chi connectivity index (χ4n) is 1.93. The molecule has 0 bridgehead atoms. The van der Waals surface area contributed by atoms with Crippen LogP contribution in [0.15, 0.2) is 36.5 Å². The standard InChI is InChI=1S/C17H22N4O2/c1-11(2)19-16(22)14-9-10-18-17(21-14)20-13-7-5-6-8-15(13)23-12(3)4/h5-12H,1-4H3,(H,19,22)(H,18,20,21). The molecule has 0 saturated heterocycles. The van der Waals surface area contributed by atoms with Gasteiger partial charge in [0.15, 0.2) is 0 Å². The van der Waals surface area contributed by atoms with Crippen molar-refractivity contribution in [3.8, 4) is 5.75 Å². The van der Waals surface area contributed by atoms with E-state index in [1.165, 1.54) is 0 Å². The highest BCUT2D eigenvalue weighted by Gasteiger charge is 2.11. The molecule has 2 aromatic rings. The summed E-state index contributed by atoms with van der Waals surface area (Å²) in [4.78, 5) is 20.4. The summed E-state index contributed by atoms with van der Waals surface area (Å²) in [6, 6.07) is 9.18. The topological polar surface area (TPSA) is 76.1 Å². The van der Waals surface area contributed by atoms with Crippen LogP contribution < -0.4 is 15.4 Å². The molecule has 0 aliphatic heterocycles. The summed E-state index contributed by atoms with van der Waals surface area (Å²) < 4.78 is 5.75.